The minimum atomic E-state index is 0.159. The lowest BCUT2D eigenvalue weighted by Crippen LogP contribution is -2.32. The topological polar surface area (TPSA) is 85.1 Å². The van der Waals surface area contributed by atoms with E-state index in [-0.39, 0.29) is 11.9 Å². The lowest BCUT2D eigenvalue weighted by atomic mass is 10.2. The lowest BCUT2D eigenvalue weighted by molar-refractivity contribution is 0.438. The average molecular weight is 244 g/mol. The van der Waals surface area contributed by atoms with E-state index in [9.17, 15) is 4.91 Å². The van der Waals surface area contributed by atoms with Gasteiger partial charge in [-0.25, -0.2) is 4.98 Å². The van der Waals surface area contributed by atoms with Crippen molar-refractivity contribution >= 4 is 5.82 Å². The van der Waals surface area contributed by atoms with Crippen LogP contribution >= 0.6 is 0 Å². The molecule has 0 bridgehead atoms. The molecule has 92 valence electrons. The Kier molecular flexibility index (Phi) is 2.60. The van der Waals surface area contributed by atoms with Gasteiger partial charge in [0.25, 0.3) is 0 Å². The van der Waals surface area contributed by atoms with Crippen LogP contribution in [-0.4, -0.2) is 26.3 Å². The first-order chi connectivity index (χ1) is 8.79. The van der Waals surface area contributed by atoms with Crippen molar-refractivity contribution < 1.29 is 0 Å². The van der Waals surface area contributed by atoms with E-state index in [4.69, 9.17) is 0 Å². The molecule has 0 fully saturated rings. The molecule has 0 amide bonds. The second-order valence-corrected chi connectivity index (χ2v) is 4.18. The van der Waals surface area contributed by atoms with Crippen LogP contribution in [0.3, 0.4) is 0 Å². The Balaban J connectivity index is 2.09. The maximum atomic E-state index is 10.5. The third kappa shape index (κ3) is 1.68. The van der Waals surface area contributed by atoms with Crippen molar-refractivity contribution in [2.24, 2.45) is 5.18 Å². The fraction of sp³-hybridized carbons (Fsp3) is 0.364. The Bertz CT molecular complexity index is 593. The van der Waals surface area contributed by atoms with E-state index in [1.165, 1.54) is 0 Å². The van der Waals surface area contributed by atoms with E-state index in [0.717, 1.165) is 18.9 Å². The summed E-state index contributed by atoms with van der Waals surface area (Å²) in [6.45, 7) is 3.70. The molecule has 1 aliphatic rings. The summed E-state index contributed by atoms with van der Waals surface area (Å²) in [5.41, 5.74) is 0.625. The molecule has 2 aromatic rings. The SMILES string of the molecule is C[C@H]1NCCn2c(-c3cccc(N=O)n3)nnc21. The maximum Gasteiger partial charge on any atom is 0.197 e. The Labute approximate surface area is 103 Å². The number of pyridine rings is 1. The molecule has 0 radical (unpaired) electrons. The van der Waals surface area contributed by atoms with Gasteiger partial charge in [0.05, 0.1) is 6.04 Å². The Hall–Kier alpha value is -2.15. The molecule has 0 saturated heterocycles. The van der Waals surface area contributed by atoms with Gasteiger partial charge in [-0.15, -0.1) is 15.1 Å². The molecule has 0 spiro atoms. The van der Waals surface area contributed by atoms with Crippen LogP contribution in [0.15, 0.2) is 23.4 Å². The predicted molar refractivity (Wildman–Crippen MR) is 65.1 cm³/mol. The van der Waals surface area contributed by atoms with Gasteiger partial charge in [-0.3, -0.25) is 0 Å². The van der Waals surface area contributed by atoms with Gasteiger partial charge >= 0.3 is 0 Å². The number of aromatic nitrogens is 4. The first-order valence-corrected chi connectivity index (χ1v) is 5.77. The van der Waals surface area contributed by atoms with Crippen molar-refractivity contribution in [3.8, 4) is 11.5 Å². The molecule has 0 aromatic carbocycles. The number of nitrogens with zero attached hydrogens (tertiary/aromatic N) is 5. The normalized spacial score (nSPS) is 18.4. The minimum Gasteiger partial charge on any atom is -0.307 e. The predicted octanol–water partition coefficient (Wildman–Crippen LogP) is 1.40. The Morgan fingerprint density at radius 2 is 2.33 bits per heavy atom. The number of fused-ring (bicyclic) bond motifs is 1. The molecule has 0 aliphatic carbocycles. The smallest absolute Gasteiger partial charge is 0.197 e. The third-order valence-corrected chi connectivity index (χ3v) is 3.01. The van der Waals surface area contributed by atoms with Crippen LogP contribution in [-0.2, 0) is 6.54 Å². The molecule has 3 rings (SSSR count). The summed E-state index contributed by atoms with van der Waals surface area (Å²) >= 11 is 0. The molecular weight excluding hydrogens is 232 g/mol. The highest BCUT2D eigenvalue weighted by Crippen LogP contribution is 2.23. The molecule has 0 saturated carbocycles. The Morgan fingerprint density at radius 3 is 3.17 bits per heavy atom. The minimum absolute atomic E-state index is 0.159. The summed E-state index contributed by atoms with van der Waals surface area (Å²) in [4.78, 5) is 14.6. The fourth-order valence-electron chi connectivity index (χ4n) is 2.13. The lowest BCUT2D eigenvalue weighted by Gasteiger charge is -2.21. The van der Waals surface area contributed by atoms with Crippen LogP contribution in [0, 0.1) is 4.91 Å². The van der Waals surface area contributed by atoms with Crippen molar-refractivity contribution in [3.05, 3.63) is 28.9 Å². The number of nitroso groups, excluding NO2 is 1. The maximum absolute atomic E-state index is 10.5. The molecule has 3 heterocycles. The van der Waals surface area contributed by atoms with Gasteiger partial charge in [0, 0.05) is 13.1 Å². The largest absolute Gasteiger partial charge is 0.307 e. The van der Waals surface area contributed by atoms with Crippen LogP contribution in [0.5, 0.6) is 0 Å². The van der Waals surface area contributed by atoms with Crippen molar-refractivity contribution in [2.75, 3.05) is 6.54 Å². The quantitative estimate of drug-likeness (QED) is 0.807. The van der Waals surface area contributed by atoms with Gasteiger partial charge in [-0.1, -0.05) is 6.07 Å². The van der Waals surface area contributed by atoms with Crippen LogP contribution in [0.25, 0.3) is 11.5 Å². The average Bonchev–Trinajstić information content (AvgIpc) is 2.84. The van der Waals surface area contributed by atoms with E-state index < -0.39 is 0 Å². The molecule has 1 atom stereocenters. The molecular formula is C11H12N6O. The monoisotopic (exact) mass is 244 g/mol. The molecule has 1 aliphatic heterocycles. The summed E-state index contributed by atoms with van der Waals surface area (Å²) < 4.78 is 2.03. The highest BCUT2D eigenvalue weighted by molar-refractivity contribution is 5.52. The highest BCUT2D eigenvalue weighted by atomic mass is 16.3. The standard InChI is InChI=1S/C11H12N6O/c1-7-10-14-15-11(17(10)6-5-12-7)8-3-2-4-9(13-8)16-18/h2-4,7,12H,5-6H2,1H3/t7-/m1/s1. The summed E-state index contributed by atoms with van der Waals surface area (Å²) in [5.74, 6) is 1.73. The molecule has 7 nitrogen and oxygen atoms in total. The van der Waals surface area contributed by atoms with Gasteiger partial charge in [0.2, 0.25) is 0 Å². The van der Waals surface area contributed by atoms with Crippen LogP contribution in [0.2, 0.25) is 0 Å². The van der Waals surface area contributed by atoms with Crippen LogP contribution in [0.4, 0.5) is 5.82 Å². The van der Waals surface area contributed by atoms with E-state index in [0.29, 0.717) is 11.5 Å². The van der Waals surface area contributed by atoms with Gasteiger partial charge in [-0.05, 0) is 24.2 Å². The van der Waals surface area contributed by atoms with Crippen LogP contribution < -0.4 is 5.32 Å². The summed E-state index contributed by atoms with van der Waals surface area (Å²) in [5, 5.41) is 14.5. The van der Waals surface area contributed by atoms with Crippen molar-refractivity contribution in [1.82, 2.24) is 25.1 Å². The number of nitrogens with one attached hydrogen (secondary N) is 1. The highest BCUT2D eigenvalue weighted by Gasteiger charge is 2.22. The summed E-state index contributed by atoms with van der Waals surface area (Å²) in [6, 6.07) is 5.28. The van der Waals surface area contributed by atoms with E-state index in [2.05, 4.69) is 25.7 Å². The number of rotatable bonds is 2. The first-order valence-electron chi connectivity index (χ1n) is 5.77. The third-order valence-electron chi connectivity index (χ3n) is 3.01. The van der Waals surface area contributed by atoms with E-state index in [1.807, 2.05) is 11.5 Å². The van der Waals surface area contributed by atoms with Crippen LogP contribution in [0.1, 0.15) is 18.8 Å². The van der Waals surface area contributed by atoms with Gasteiger partial charge in [0.1, 0.15) is 11.5 Å². The second-order valence-electron chi connectivity index (χ2n) is 4.18. The van der Waals surface area contributed by atoms with E-state index >= 15 is 0 Å². The molecule has 0 unspecified atom stereocenters. The fourth-order valence-corrected chi connectivity index (χ4v) is 2.13. The molecule has 2 aromatic heterocycles. The van der Waals surface area contributed by atoms with Crippen molar-refractivity contribution in [2.45, 2.75) is 19.5 Å². The molecule has 7 heteroatoms. The van der Waals surface area contributed by atoms with Gasteiger partial charge in [0.15, 0.2) is 11.6 Å². The van der Waals surface area contributed by atoms with Gasteiger partial charge < -0.3 is 9.88 Å². The first kappa shape index (κ1) is 11.0. The molecule has 1 N–H and O–H groups in total. The Morgan fingerprint density at radius 1 is 1.44 bits per heavy atom. The molecule has 18 heavy (non-hydrogen) atoms. The zero-order valence-corrected chi connectivity index (χ0v) is 9.87. The zero-order valence-electron chi connectivity index (χ0n) is 9.87. The summed E-state index contributed by atoms with van der Waals surface area (Å²) in [6.07, 6.45) is 0. The summed E-state index contributed by atoms with van der Waals surface area (Å²) in [7, 11) is 0. The second kappa shape index (κ2) is 4.26. The van der Waals surface area contributed by atoms with E-state index in [1.54, 1.807) is 18.2 Å². The van der Waals surface area contributed by atoms with Crippen molar-refractivity contribution in [1.29, 1.82) is 0 Å². The van der Waals surface area contributed by atoms with Crippen molar-refractivity contribution in [3.63, 3.8) is 0 Å². The number of hydrogen-bond acceptors (Lipinski definition) is 6. The number of hydrogen-bond donors (Lipinski definition) is 1. The zero-order chi connectivity index (χ0) is 12.5. The van der Waals surface area contributed by atoms with Gasteiger partial charge in [-0.2, -0.15) is 0 Å².